The molecule has 0 aromatic heterocycles. The first-order valence-electron chi connectivity index (χ1n) is 8.37. The second kappa shape index (κ2) is 8.63. The van der Waals surface area contributed by atoms with Gasteiger partial charge in [0.1, 0.15) is 0 Å². The molecule has 0 unspecified atom stereocenters. The maximum atomic E-state index is 12.0. The summed E-state index contributed by atoms with van der Waals surface area (Å²) in [4.78, 5) is 14.4. The number of amides is 1. The molecule has 1 N–H and O–H groups in total. The monoisotopic (exact) mass is 282 g/mol. The first-order chi connectivity index (χ1) is 9.75. The quantitative estimate of drug-likeness (QED) is 0.694. The van der Waals surface area contributed by atoms with Crippen LogP contribution in [0.15, 0.2) is 0 Å². The Kier molecular flexibility index (Phi) is 6.80. The fraction of sp³-hybridized carbons (Fsp3) is 0.938. The SMILES string of the molecule is C[C@@H](CN1CCCC1)C(=O)NCCCOC1CCCC1. The van der Waals surface area contributed by atoms with Gasteiger partial charge in [-0.05, 0) is 45.2 Å². The lowest BCUT2D eigenvalue weighted by molar-refractivity contribution is -0.125. The van der Waals surface area contributed by atoms with E-state index < -0.39 is 0 Å². The Balaban J connectivity index is 1.48. The Morgan fingerprint density at radius 2 is 1.95 bits per heavy atom. The predicted octanol–water partition coefficient (Wildman–Crippen LogP) is 2.18. The summed E-state index contributed by atoms with van der Waals surface area (Å²) < 4.78 is 5.79. The third-order valence-electron chi connectivity index (χ3n) is 4.45. The van der Waals surface area contributed by atoms with Crippen molar-refractivity contribution in [2.75, 3.05) is 32.8 Å². The highest BCUT2D eigenvalue weighted by Gasteiger charge is 2.19. The van der Waals surface area contributed by atoms with Crippen molar-refractivity contribution >= 4 is 5.91 Å². The molecule has 2 rings (SSSR count). The fourth-order valence-electron chi connectivity index (χ4n) is 3.20. The zero-order chi connectivity index (χ0) is 14.2. The highest BCUT2D eigenvalue weighted by molar-refractivity contribution is 5.78. The summed E-state index contributed by atoms with van der Waals surface area (Å²) >= 11 is 0. The molecule has 4 heteroatoms. The van der Waals surface area contributed by atoms with Gasteiger partial charge >= 0.3 is 0 Å². The van der Waals surface area contributed by atoms with Crippen LogP contribution in [0.3, 0.4) is 0 Å². The molecular formula is C16H30N2O2. The molecule has 0 aromatic carbocycles. The number of hydrogen-bond donors (Lipinski definition) is 1. The number of hydrogen-bond acceptors (Lipinski definition) is 3. The minimum absolute atomic E-state index is 0.101. The van der Waals surface area contributed by atoms with E-state index in [-0.39, 0.29) is 11.8 Å². The largest absolute Gasteiger partial charge is 0.378 e. The zero-order valence-corrected chi connectivity index (χ0v) is 12.9. The molecule has 0 radical (unpaired) electrons. The molecule has 20 heavy (non-hydrogen) atoms. The highest BCUT2D eigenvalue weighted by Crippen LogP contribution is 2.20. The van der Waals surface area contributed by atoms with E-state index in [9.17, 15) is 4.79 Å². The summed E-state index contributed by atoms with van der Waals surface area (Å²) in [6.45, 7) is 6.79. The second-order valence-electron chi connectivity index (χ2n) is 6.33. The van der Waals surface area contributed by atoms with Crippen molar-refractivity contribution in [2.45, 2.75) is 58.0 Å². The summed E-state index contributed by atoms with van der Waals surface area (Å²) in [7, 11) is 0. The van der Waals surface area contributed by atoms with Gasteiger partial charge in [0, 0.05) is 25.6 Å². The molecule has 2 fully saturated rings. The lowest BCUT2D eigenvalue weighted by atomic mass is 10.1. The van der Waals surface area contributed by atoms with Gasteiger partial charge in [-0.1, -0.05) is 19.8 Å². The molecule has 0 spiro atoms. The molecule has 1 saturated carbocycles. The Morgan fingerprint density at radius 3 is 2.65 bits per heavy atom. The maximum Gasteiger partial charge on any atom is 0.224 e. The number of carbonyl (C=O) groups excluding carboxylic acids is 1. The van der Waals surface area contributed by atoms with Crippen molar-refractivity contribution in [3.8, 4) is 0 Å². The van der Waals surface area contributed by atoms with Gasteiger partial charge in [0.05, 0.1) is 6.10 Å². The average molecular weight is 282 g/mol. The molecule has 1 aliphatic heterocycles. The molecule has 1 amide bonds. The van der Waals surface area contributed by atoms with Crippen molar-refractivity contribution in [1.82, 2.24) is 10.2 Å². The van der Waals surface area contributed by atoms with E-state index >= 15 is 0 Å². The van der Waals surface area contributed by atoms with E-state index in [0.717, 1.165) is 39.2 Å². The topological polar surface area (TPSA) is 41.6 Å². The molecule has 1 atom stereocenters. The average Bonchev–Trinajstić information content (AvgIpc) is 3.11. The molecule has 1 saturated heterocycles. The number of nitrogens with one attached hydrogen (secondary N) is 1. The van der Waals surface area contributed by atoms with E-state index in [1.807, 2.05) is 6.92 Å². The van der Waals surface area contributed by atoms with Gasteiger partial charge in [0.2, 0.25) is 5.91 Å². The first kappa shape index (κ1) is 15.8. The van der Waals surface area contributed by atoms with Crippen LogP contribution < -0.4 is 5.32 Å². The van der Waals surface area contributed by atoms with E-state index in [2.05, 4.69) is 10.2 Å². The molecule has 2 aliphatic rings. The first-order valence-corrected chi connectivity index (χ1v) is 8.37. The van der Waals surface area contributed by atoms with Gasteiger partial charge < -0.3 is 15.0 Å². The molecule has 0 aromatic rings. The maximum absolute atomic E-state index is 12.0. The van der Waals surface area contributed by atoms with E-state index in [1.165, 1.54) is 38.5 Å². The number of carbonyl (C=O) groups is 1. The van der Waals surface area contributed by atoms with Gasteiger partial charge in [-0.2, -0.15) is 0 Å². The van der Waals surface area contributed by atoms with Crippen LogP contribution in [-0.4, -0.2) is 49.7 Å². The Bertz CT molecular complexity index is 284. The predicted molar refractivity (Wildman–Crippen MR) is 80.7 cm³/mol. The smallest absolute Gasteiger partial charge is 0.224 e. The number of ether oxygens (including phenoxy) is 1. The van der Waals surface area contributed by atoms with Gasteiger partial charge in [0.25, 0.3) is 0 Å². The van der Waals surface area contributed by atoms with Crippen molar-refractivity contribution < 1.29 is 9.53 Å². The summed E-state index contributed by atoms with van der Waals surface area (Å²) in [5.74, 6) is 0.293. The van der Waals surface area contributed by atoms with Gasteiger partial charge in [-0.15, -0.1) is 0 Å². The number of nitrogens with zero attached hydrogens (tertiary/aromatic N) is 1. The standard InChI is InChI=1S/C16H30N2O2/c1-14(13-18-10-4-5-11-18)16(19)17-9-6-12-20-15-7-2-3-8-15/h14-15H,2-13H2,1H3,(H,17,19)/t14-/m0/s1. The lowest BCUT2D eigenvalue weighted by Gasteiger charge is -2.19. The van der Waals surface area contributed by atoms with Gasteiger partial charge in [-0.3, -0.25) is 4.79 Å². The lowest BCUT2D eigenvalue weighted by Crippen LogP contribution is -2.37. The summed E-state index contributed by atoms with van der Waals surface area (Å²) in [5.41, 5.74) is 0. The number of rotatable bonds is 8. The van der Waals surface area contributed by atoms with Gasteiger partial charge in [-0.25, -0.2) is 0 Å². The third-order valence-corrected chi connectivity index (χ3v) is 4.45. The third kappa shape index (κ3) is 5.41. The van der Waals surface area contributed by atoms with Crippen LogP contribution in [0.1, 0.15) is 51.9 Å². The molecular weight excluding hydrogens is 252 g/mol. The van der Waals surface area contributed by atoms with Crippen molar-refractivity contribution in [1.29, 1.82) is 0 Å². The van der Waals surface area contributed by atoms with Crippen LogP contribution in [0.2, 0.25) is 0 Å². The minimum Gasteiger partial charge on any atom is -0.378 e. The van der Waals surface area contributed by atoms with E-state index in [0.29, 0.717) is 6.10 Å². The van der Waals surface area contributed by atoms with Crippen LogP contribution in [0, 0.1) is 5.92 Å². The van der Waals surface area contributed by atoms with Crippen LogP contribution in [-0.2, 0) is 9.53 Å². The summed E-state index contributed by atoms with van der Waals surface area (Å²) in [6.07, 6.45) is 9.06. The Labute approximate surface area is 123 Å². The molecule has 0 bridgehead atoms. The highest BCUT2D eigenvalue weighted by atomic mass is 16.5. The van der Waals surface area contributed by atoms with Crippen molar-refractivity contribution in [3.05, 3.63) is 0 Å². The molecule has 1 aliphatic carbocycles. The van der Waals surface area contributed by atoms with E-state index in [1.54, 1.807) is 0 Å². The Morgan fingerprint density at radius 1 is 1.25 bits per heavy atom. The molecule has 1 heterocycles. The van der Waals surface area contributed by atoms with Crippen LogP contribution in [0.5, 0.6) is 0 Å². The minimum atomic E-state index is 0.101. The van der Waals surface area contributed by atoms with Crippen molar-refractivity contribution in [3.63, 3.8) is 0 Å². The van der Waals surface area contributed by atoms with E-state index in [4.69, 9.17) is 4.74 Å². The van der Waals surface area contributed by atoms with Crippen LogP contribution in [0.4, 0.5) is 0 Å². The van der Waals surface area contributed by atoms with Crippen LogP contribution in [0.25, 0.3) is 0 Å². The van der Waals surface area contributed by atoms with Crippen LogP contribution >= 0.6 is 0 Å². The summed E-state index contributed by atoms with van der Waals surface area (Å²) in [5, 5.41) is 3.04. The van der Waals surface area contributed by atoms with Crippen molar-refractivity contribution in [2.24, 2.45) is 5.92 Å². The second-order valence-corrected chi connectivity index (χ2v) is 6.33. The summed E-state index contributed by atoms with van der Waals surface area (Å²) in [6, 6.07) is 0. The fourth-order valence-corrected chi connectivity index (χ4v) is 3.20. The normalized spacial score (nSPS) is 22.2. The molecule has 116 valence electrons. The molecule has 4 nitrogen and oxygen atoms in total. The van der Waals surface area contributed by atoms with Gasteiger partial charge in [0.15, 0.2) is 0 Å². The number of likely N-dealkylation sites (tertiary alicyclic amines) is 1. The zero-order valence-electron chi connectivity index (χ0n) is 12.9. The Hall–Kier alpha value is -0.610.